The predicted octanol–water partition coefficient (Wildman–Crippen LogP) is 1.41. The summed E-state index contributed by atoms with van der Waals surface area (Å²) in [6, 6.07) is 0. The quantitative estimate of drug-likeness (QED) is 0.711. The summed E-state index contributed by atoms with van der Waals surface area (Å²) >= 11 is 0. The van der Waals surface area contributed by atoms with E-state index in [9.17, 15) is 0 Å². The maximum Gasteiger partial charge on any atom is 0.0575 e. The molecule has 2 saturated carbocycles. The maximum absolute atomic E-state index is 5.94. The maximum atomic E-state index is 5.94. The van der Waals surface area contributed by atoms with E-state index in [4.69, 9.17) is 4.74 Å². The van der Waals surface area contributed by atoms with Gasteiger partial charge in [0.25, 0.3) is 0 Å². The lowest BCUT2D eigenvalue weighted by Gasteiger charge is -2.11. The van der Waals surface area contributed by atoms with Gasteiger partial charge in [0.2, 0.25) is 0 Å². The Labute approximate surface area is 80.0 Å². The van der Waals surface area contributed by atoms with Crippen molar-refractivity contribution in [3.63, 3.8) is 0 Å². The monoisotopic (exact) mass is 181 g/mol. The minimum atomic E-state index is 0.620. The van der Waals surface area contributed by atoms with E-state index in [2.05, 4.69) is 5.32 Å². The van der Waals surface area contributed by atoms with Gasteiger partial charge in [0.1, 0.15) is 0 Å². The van der Waals surface area contributed by atoms with Crippen molar-refractivity contribution in [3.8, 4) is 0 Å². The fraction of sp³-hybridized carbons (Fsp3) is 1.00. The van der Waals surface area contributed by atoms with Gasteiger partial charge in [-0.2, -0.15) is 0 Å². The molecule has 0 unspecified atom stereocenters. The minimum Gasteiger partial charge on any atom is -0.378 e. The second-order valence-corrected chi connectivity index (χ2v) is 4.89. The van der Waals surface area contributed by atoms with Crippen LogP contribution in [0.4, 0.5) is 0 Å². The van der Waals surface area contributed by atoms with Crippen LogP contribution in [0, 0.1) is 17.8 Å². The lowest BCUT2D eigenvalue weighted by molar-refractivity contribution is 0.0457. The Balaban J connectivity index is 1.40. The molecule has 0 radical (unpaired) electrons. The highest BCUT2D eigenvalue weighted by molar-refractivity contribution is 5.03. The number of piperidine rings is 1. The van der Waals surface area contributed by atoms with Gasteiger partial charge in [-0.15, -0.1) is 0 Å². The highest BCUT2D eigenvalue weighted by Crippen LogP contribution is 2.48. The van der Waals surface area contributed by atoms with E-state index in [-0.39, 0.29) is 0 Å². The van der Waals surface area contributed by atoms with Crippen LogP contribution in [0.5, 0.6) is 0 Å². The largest absolute Gasteiger partial charge is 0.378 e. The van der Waals surface area contributed by atoms with Crippen LogP contribution in [0.1, 0.15) is 25.7 Å². The fourth-order valence-electron chi connectivity index (χ4n) is 3.10. The van der Waals surface area contributed by atoms with E-state index < -0.39 is 0 Å². The van der Waals surface area contributed by atoms with Gasteiger partial charge in [-0.1, -0.05) is 12.8 Å². The van der Waals surface area contributed by atoms with E-state index in [0.717, 1.165) is 24.4 Å². The van der Waals surface area contributed by atoms with Crippen LogP contribution < -0.4 is 5.32 Å². The Morgan fingerprint density at radius 1 is 1.08 bits per heavy atom. The third kappa shape index (κ3) is 1.50. The zero-order chi connectivity index (χ0) is 8.67. The molecule has 0 amide bonds. The average Bonchev–Trinajstić information content (AvgIpc) is 2.68. The molecule has 1 saturated heterocycles. The lowest BCUT2D eigenvalue weighted by atomic mass is 10.3. The number of ether oxygens (including phenoxy) is 1. The number of nitrogens with one attached hydrogen (secondary N) is 1. The SMILES string of the molecule is C1CCC(OC[C@H]2[C@@H]3CNC[C@@H]32)C1. The van der Waals surface area contributed by atoms with Crippen LogP contribution >= 0.6 is 0 Å². The zero-order valence-electron chi connectivity index (χ0n) is 8.17. The molecule has 3 fully saturated rings. The molecule has 2 heteroatoms. The summed E-state index contributed by atoms with van der Waals surface area (Å²) < 4.78 is 5.94. The first-order valence-electron chi connectivity index (χ1n) is 5.77. The van der Waals surface area contributed by atoms with E-state index in [1.54, 1.807) is 0 Å². The Morgan fingerprint density at radius 2 is 1.77 bits per heavy atom. The molecule has 0 spiro atoms. The summed E-state index contributed by atoms with van der Waals surface area (Å²) in [5, 5.41) is 3.42. The first-order valence-corrected chi connectivity index (χ1v) is 5.77. The van der Waals surface area contributed by atoms with Gasteiger partial charge in [-0.3, -0.25) is 0 Å². The Kier molecular flexibility index (Phi) is 2.06. The van der Waals surface area contributed by atoms with Crippen LogP contribution in [-0.4, -0.2) is 25.8 Å². The lowest BCUT2D eigenvalue weighted by Crippen LogP contribution is -2.18. The Morgan fingerprint density at radius 3 is 2.46 bits per heavy atom. The van der Waals surface area contributed by atoms with Crippen LogP contribution in [0.3, 0.4) is 0 Å². The number of hydrogen-bond donors (Lipinski definition) is 1. The van der Waals surface area contributed by atoms with E-state index in [1.807, 2.05) is 0 Å². The number of hydrogen-bond acceptors (Lipinski definition) is 2. The summed E-state index contributed by atoms with van der Waals surface area (Å²) in [5.74, 6) is 2.87. The van der Waals surface area contributed by atoms with Crippen molar-refractivity contribution in [1.82, 2.24) is 5.32 Å². The Bertz CT molecular complexity index is 179. The van der Waals surface area contributed by atoms with Gasteiger partial charge in [0, 0.05) is 0 Å². The first-order chi connectivity index (χ1) is 6.45. The van der Waals surface area contributed by atoms with Crippen molar-refractivity contribution >= 4 is 0 Å². The van der Waals surface area contributed by atoms with Crippen LogP contribution in [0.25, 0.3) is 0 Å². The highest BCUT2D eigenvalue weighted by atomic mass is 16.5. The molecule has 3 aliphatic rings. The van der Waals surface area contributed by atoms with Crippen molar-refractivity contribution in [2.45, 2.75) is 31.8 Å². The fourth-order valence-corrected chi connectivity index (χ4v) is 3.10. The van der Waals surface area contributed by atoms with Crippen molar-refractivity contribution in [3.05, 3.63) is 0 Å². The van der Waals surface area contributed by atoms with Crippen LogP contribution in [-0.2, 0) is 4.74 Å². The Hall–Kier alpha value is -0.0800. The zero-order valence-corrected chi connectivity index (χ0v) is 8.17. The smallest absolute Gasteiger partial charge is 0.0575 e. The second-order valence-electron chi connectivity index (χ2n) is 4.89. The van der Waals surface area contributed by atoms with Crippen molar-refractivity contribution in [2.75, 3.05) is 19.7 Å². The minimum absolute atomic E-state index is 0.620. The normalized spacial score (nSPS) is 43.8. The topological polar surface area (TPSA) is 21.3 Å². The van der Waals surface area contributed by atoms with Gasteiger partial charge < -0.3 is 10.1 Å². The number of rotatable bonds is 3. The molecule has 0 aromatic rings. The highest BCUT2D eigenvalue weighted by Gasteiger charge is 2.52. The molecule has 2 nitrogen and oxygen atoms in total. The van der Waals surface area contributed by atoms with Gasteiger partial charge in [-0.05, 0) is 43.7 Å². The standard InChI is InChI=1S/C11H19NO/c1-2-4-8(3-1)13-7-11-9-5-12-6-10(9)11/h8-12H,1-7H2/t9-,10+,11+. The van der Waals surface area contributed by atoms with E-state index in [1.165, 1.54) is 38.8 Å². The summed E-state index contributed by atoms with van der Waals surface area (Å²) in [6.45, 7) is 3.56. The first kappa shape index (κ1) is 8.25. The molecule has 1 heterocycles. The van der Waals surface area contributed by atoms with E-state index in [0.29, 0.717) is 6.10 Å². The molecule has 0 bridgehead atoms. The molecule has 1 aliphatic heterocycles. The molecule has 0 aromatic heterocycles. The molecule has 1 N–H and O–H groups in total. The van der Waals surface area contributed by atoms with E-state index >= 15 is 0 Å². The molecule has 3 rings (SSSR count). The van der Waals surface area contributed by atoms with Crippen LogP contribution in [0.2, 0.25) is 0 Å². The van der Waals surface area contributed by atoms with Gasteiger partial charge in [0.15, 0.2) is 0 Å². The predicted molar refractivity (Wildman–Crippen MR) is 51.5 cm³/mol. The van der Waals surface area contributed by atoms with Crippen LogP contribution in [0.15, 0.2) is 0 Å². The third-order valence-corrected chi connectivity index (χ3v) is 4.10. The molecule has 3 atom stereocenters. The molecular formula is C11H19NO. The summed E-state index contributed by atoms with van der Waals surface area (Å²) in [5.41, 5.74) is 0. The average molecular weight is 181 g/mol. The molecule has 13 heavy (non-hydrogen) atoms. The third-order valence-electron chi connectivity index (χ3n) is 4.10. The van der Waals surface area contributed by atoms with Crippen molar-refractivity contribution in [2.24, 2.45) is 17.8 Å². The van der Waals surface area contributed by atoms with Gasteiger partial charge >= 0.3 is 0 Å². The van der Waals surface area contributed by atoms with Crippen molar-refractivity contribution in [1.29, 1.82) is 0 Å². The van der Waals surface area contributed by atoms with Gasteiger partial charge in [-0.25, -0.2) is 0 Å². The molecule has 74 valence electrons. The summed E-state index contributed by atoms with van der Waals surface area (Å²) in [6.07, 6.45) is 6.04. The second kappa shape index (κ2) is 3.25. The van der Waals surface area contributed by atoms with Crippen molar-refractivity contribution < 1.29 is 4.74 Å². The number of fused-ring (bicyclic) bond motifs is 1. The summed E-state index contributed by atoms with van der Waals surface area (Å²) in [7, 11) is 0. The molecule has 2 aliphatic carbocycles. The molecular weight excluding hydrogens is 162 g/mol. The summed E-state index contributed by atoms with van der Waals surface area (Å²) in [4.78, 5) is 0. The molecule has 0 aromatic carbocycles. The van der Waals surface area contributed by atoms with Gasteiger partial charge in [0.05, 0.1) is 12.7 Å².